The fourth-order valence-electron chi connectivity index (χ4n) is 3.23. The highest BCUT2D eigenvalue weighted by molar-refractivity contribution is 7.92. The summed E-state index contributed by atoms with van der Waals surface area (Å²) in [7, 11) is -2.71. The van der Waals surface area contributed by atoms with Gasteiger partial charge < -0.3 is 0 Å². The van der Waals surface area contributed by atoms with Crippen LogP contribution >= 0.6 is 0 Å². The number of sulfone groups is 1. The van der Waals surface area contributed by atoms with Crippen LogP contribution in [0.3, 0.4) is 0 Å². The molecule has 1 heterocycles. The van der Waals surface area contributed by atoms with E-state index in [2.05, 4.69) is 12.2 Å². The smallest absolute Gasteiger partial charge is 0.154 e. The van der Waals surface area contributed by atoms with Crippen LogP contribution in [0.2, 0.25) is 0 Å². The van der Waals surface area contributed by atoms with Crippen molar-refractivity contribution >= 4 is 9.84 Å². The van der Waals surface area contributed by atoms with Gasteiger partial charge in [0.05, 0.1) is 11.0 Å². The van der Waals surface area contributed by atoms with Gasteiger partial charge in [-0.25, -0.2) is 8.42 Å². The molecule has 66 valence electrons. The van der Waals surface area contributed by atoms with E-state index in [1.54, 1.807) is 0 Å². The molecule has 4 atom stereocenters. The minimum Gasteiger partial charge on any atom is -0.229 e. The van der Waals surface area contributed by atoms with Gasteiger partial charge in [-0.3, -0.25) is 0 Å². The zero-order valence-electron chi connectivity index (χ0n) is 6.81. The van der Waals surface area contributed by atoms with Gasteiger partial charge in [-0.05, 0) is 30.6 Å². The lowest BCUT2D eigenvalue weighted by Crippen LogP contribution is -2.26. The Morgan fingerprint density at radius 2 is 1.92 bits per heavy atom. The summed E-state index contributed by atoms with van der Waals surface area (Å²) >= 11 is 0. The number of fused-ring (bicyclic) bond motifs is 5. The predicted molar refractivity (Wildman–Crippen MR) is 46.4 cm³/mol. The Hall–Kier alpha value is -0.310. The van der Waals surface area contributed by atoms with E-state index in [4.69, 9.17) is 0 Å². The molecule has 1 saturated carbocycles. The molecule has 2 aliphatic carbocycles. The zero-order valence-corrected chi connectivity index (χ0v) is 7.63. The van der Waals surface area contributed by atoms with Crippen LogP contribution in [0.15, 0.2) is 12.2 Å². The predicted octanol–water partition coefficient (Wildman–Crippen LogP) is 0.996. The first-order chi connectivity index (χ1) is 5.68. The van der Waals surface area contributed by atoms with Crippen LogP contribution in [0, 0.1) is 17.8 Å². The normalized spacial score (nSPS) is 53.0. The average molecular weight is 184 g/mol. The molecular formula is C9H12O2S. The average Bonchev–Trinajstić information content (AvgIpc) is 2.61. The van der Waals surface area contributed by atoms with Gasteiger partial charge in [-0.2, -0.15) is 0 Å². The molecule has 3 aliphatic rings. The van der Waals surface area contributed by atoms with E-state index in [1.165, 1.54) is 0 Å². The molecule has 0 spiro atoms. The minimum atomic E-state index is -2.71. The molecule has 0 amide bonds. The second-order valence-corrected chi connectivity index (χ2v) is 6.51. The summed E-state index contributed by atoms with van der Waals surface area (Å²) in [5, 5.41) is 0.00694. The summed E-state index contributed by atoms with van der Waals surface area (Å²) in [5.41, 5.74) is 0. The van der Waals surface area contributed by atoms with Crippen LogP contribution < -0.4 is 0 Å². The van der Waals surface area contributed by atoms with Crippen molar-refractivity contribution in [2.45, 2.75) is 18.1 Å². The third-order valence-electron chi connectivity index (χ3n) is 3.69. The van der Waals surface area contributed by atoms with Crippen molar-refractivity contribution in [3.63, 3.8) is 0 Å². The van der Waals surface area contributed by atoms with Gasteiger partial charge in [0.2, 0.25) is 0 Å². The van der Waals surface area contributed by atoms with Gasteiger partial charge in [0.25, 0.3) is 0 Å². The maximum absolute atomic E-state index is 11.6. The van der Waals surface area contributed by atoms with Crippen molar-refractivity contribution in [1.29, 1.82) is 0 Å². The maximum Gasteiger partial charge on any atom is 0.154 e. The van der Waals surface area contributed by atoms with Crippen molar-refractivity contribution in [2.75, 3.05) is 5.75 Å². The fraction of sp³-hybridized carbons (Fsp3) is 0.778. The molecule has 0 aromatic carbocycles. The van der Waals surface area contributed by atoms with Crippen molar-refractivity contribution < 1.29 is 8.42 Å². The van der Waals surface area contributed by atoms with Gasteiger partial charge in [-0.15, -0.1) is 0 Å². The van der Waals surface area contributed by atoms with Crippen molar-refractivity contribution in [2.24, 2.45) is 17.8 Å². The summed E-state index contributed by atoms with van der Waals surface area (Å²) in [4.78, 5) is 0. The molecule has 1 saturated heterocycles. The molecule has 2 bridgehead atoms. The van der Waals surface area contributed by atoms with Gasteiger partial charge in [0.1, 0.15) is 0 Å². The summed E-state index contributed by atoms with van der Waals surface area (Å²) < 4.78 is 23.2. The Balaban J connectivity index is 2.11. The van der Waals surface area contributed by atoms with Crippen LogP contribution in [0.5, 0.6) is 0 Å². The summed E-state index contributed by atoms with van der Waals surface area (Å²) in [6.07, 6.45) is 6.37. The Labute approximate surface area is 72.6 Å². The Morgan fingerprint density at radius 1 is 1.17 bits per heavy atom. The molecule has 0 aromatic rings. The van der Waals surface area contributed by atoms with Crippen LogP contribution in [0.4, 0.5) is 0 Å². The van der Waals surface area contributed by atoms with Crippen LogP contribution in [-0.2, 0) is 9.84 Å². The zero-order chi connectivity index (χ0) is 8.34. The highest BCUT2D eigenvalue weighted by Gasteiger charge is 2.54. The molecule has 12 heavy (non-hydrogen) atoms. The van der Waals surface area contributed by atoms with E-state index in [9.17, 15) is 8.42 Å². The molecule has 2 fully saturated rings. The first-order valence-corrected chi connectivity index (χ1v) is 6.30. The van der Waals surface area contributed by atoms with Gasteiger partial charge in [0.15, 0.2) is 9.84 Å². The quantitative estimate of drug-likeness (QED) is 0.526. The van der Waals surface area contributed by atoms with E-state index in [0.29, 0.717) is 23.5 Å². The molecule has 0 radical (unpaired) electrons. The third-order valence-corrected chi connectivity index (χ3v) is 6.03. The second-order valence-electron chi connectivity index (χ2n) is 4.23. The molecular weight excluding hydrogens is 172 g/mol. The van der Waals surface area contributed by atoms with Crippen LogP contribution in [0.1, 0.15) is 12.8 Å². The molecule has 0 N–H and O–H groups in total. The van der Waals surface area contributed by atoms with E-state index in [1.807, 2.05) is 0 Å². The standard InChI is InChI=1S/C9H12O2S/c10-12(11)4-3-8-6-1-2-7(5-6)9(8)12/h1-2,6-9H,3-5H2. The Bertz CT molecular complexity index is 342. The number of rotatable bonds is 0. The molecule has 4 unspecified atom stereocenters. The van der Waals surface area contributed by atoms with Crippen LogP contribution in [0.25, 0.3) is 0 Å². The lowest BCUT2D eigenvalue weighted by molar-refractivity contribution is 0.460. The lowest BCUT2D eigenvalue weighted by Gasteiger charge is -2.18. The van der Waals surface area contributed by atoms with E-state index >= 15 is 0 Å². The summed E-state index contributed by atoms with van der Waals surface area (Å²) in [6, 6.07) is 0. The van der Waals surface area contributed by atoms with Gasteiger partial charge in [-0.1, -0.05) is 12.2 Å². The lowest BCUT2D eigenvalue weighted by atomic mass is 9.91. The van der Waals surface area contributed by atoms with Crippen molar-refractivity contribution in [3.8, 4) is 0 Å². The first-order valence-electron chi connectivity index (χ1n) is 4.58. The monoisotopic (exact) mass is 184 g/mol. The molecule has 1 aliphatic heterocycles. The minimum absolute atomic E-state index is 0.00694. The highest BCUT2D eigenvalue weighted by Crippen LogP contribution is 2.51. The summed E-state index contributed by atoms with van der Waals surface area (Å²) in [5.74, 6) is 1.88. The van der Waals surface area contributed by atoms with Crippen molar-refractivity contribution in [1.82, 2.24) is 0 Å². The third kappa shape index (κ3) is 0.685. The van der Waals surface area contributed by atoms with E-state index in [-0.39, 0.29) is 5.25 Å². The molecule has 3 heteroatoms. The van der Waals surface area contributed by atoms with E-state index in [0.717, 1.165) is 12.8 Å². The van der Waals surface area contributed by atoms with E-state index < -0.39 is 9.84 Å². The number of allylic oxidation sites excluding steroid dienone is 2. The Kier molecular flexibility index (Phi) is 1.16. The Morgan fingerprint density at radius 3 is 2.67 bits per heavy atom. The molecule has 2 nitrogen and oxygen atoms in total. The fourth-order valence-corrected chi connectivity index (χ4v) is 5.70. The summed E-state index contributed by atoms with van der Waals surface area (Å²) in [6.45, 7) is 0. The van der Waals surface area contributed by atoms with Gasteiger partial charge in [0, 0.05) is 0 Å². The molecule has 3 rings (SSSR count). The maximum atomic E-state index is 11.6. The first kappa shape index (κ1) is 7.13. The van der Waals surface area contributed by atoms with Crippen LogP contribution in [-0.4, -0.2) is 19.4 Å². The number of hydrogen-bond acceptors (Lipinski definition) is 2. The number of hydrogen-bond donors (Lipinski definition) is 0. The van der Waals surface area contributed by atoms with Crippen molar-refractivity contribution in [3.05, 3.63) is 12.2 Å². The largest absolute Gasteiger partial charge is 0.229 e. The topological polar surface area (TPSA) is 34.1 Å². The SMILES string of the molecule is O=S1(=O)CCC2C3C=CC(C3)C21. The highest BCUT2D eigenvalue weighted by atomic mass is 32.2. The molecule has 0 aromatic heterocycles. The second kappa shape index (κ2) is 1.95. The van der Waals surface area contributed by atoms with Gasteiger partial charge >= 0.3 is 0 Å².